The van der Waals surface area contributed by atoms with Gasteiger partial charge in [0.1, 0.15) is 5.75 Å². The summed E-state index contributed by atoms with van der Waals surface area (Å²) in [6.45, 7) is 3.91. The average molecular weight is 287 g/mol. The first-order valence-corrected chi connectivity index (χ1v) is 5.81. The van der Waals surface area contributed by atoms with Gasteiger partial charge in [0.15, 0.2) is 0 Å². The Labute approximate surface area is 104 Å². The van der Waals surface area contributed by atoms with Crippen molar-refractivity contribution in [3.8, 4) is 5.75 Å². The molecule has 0 aliphatic carbocycles. The number of carbonyl (C=O) groups is 1. The zero-order chi connectivity index (χ0) is 12.3. The van der Waals surface area contributed by atoms with Crippen molar-refractivity contribution < 1.29 is 14.6 Å². The SMILES string of the molecule is COc1c(C)cc(CCC(=O)O)c(C)c1Br. The zero-order valence-electron chi connectivity index (χ0n) is 9.63. The fraction of sp³-hybridized carbons (Fsp3) is 0.417. The number of carboxylic acid groups (broad SMARTS) is 1. The van der Waals surface area contributed by atoms with Gasteiger partial charge in [-0.15, -0.1) is 0 Å². The third-order valence-corrected chi connectivity index (χ3v) is 3.53. The van der Waals surface area contributed by atoms with Gasteiger partial charge in [0.2, 0.25) is 0 Å². The Kier molecular flexibility index (Phi) is 4.35. The molecule has 0 fully saturated rings. The van der Waals surface area contributed by atoms with Gasteiger partial charge in [0.25, 0.3) is 0 Å². The van der Waals surface area contributed by atoms with Crippen LogP contribution in [0.5, 0.6) is 5.75 Å². The number of halogens is 1. The molecule has 3 nitrogen and oxygen atoms in total. The third-order valence-electron chi connectivity index (χ3n) is 2.57. The Bertz CT molecular complexity index is 413. The van der Waals surface area contributed by atoms with Gasteiger partial charge in [0.05, 0.1) is 11.6 Å². The minimum Gasteiger partial charge on any atom is -0.495 e. The largest absolute Gasteiger partial charge is 0.495 e. The van der Waals surface area contributed by atoms with E-state index in [9.17, 15) is 4.79 Å². The van der Waals surface area contributed by atoms with Gasteiger partial charge in [-0.25, -0.2) is 0 Å². The molecule has 16 heavy (non-hydrogen) atoms. The summed E-state index contributed by atoms with van der Waals surface area (Å²) in [4.78, 5) is 10.5. The first-order chi connectivity index (χ1) is 7.47. The topological polar surface area (TPSA) is 46.5 Å². The van der Waals surface area contributed by atoms with Crippen LogP contribution in [0.1, 0.15) is 23.1 Å². The molecule has 1 aromatic rings. The molecule has 88 valence electrons. The van der Waals surface area contributed by atoms with E-state index in [1.165, 1.54) is 0 Å². The Morgan fingerprint density at radius 1 is 1.50 bits per heavy atom. The molecular formula is C12H15BrO3. The van der Waals surface area contributed by atoms with Gasteiger partial charge in [-0.3, -0.25) is 4.79 Å². The lowest BCUT2D eigenvalue weighted by Gasteiger charge is -2.13. The lowest BCUT2D eigenvalue weighted by Crippen LogP contribution is -2.01. The molecule has 1 aromatic carbocycles. The summed E-state index contributed by atoms with van der Waals surface area (Å²) >= 11 is 3.48. The van der Waals surface area contributed by atoms with E-state index in [2.05, 4.69) is 15.9 Å². The van der Waals surface area contributed by atoms with Crippen LogP contribution in [0.15, 0.2) is 10.5 Å². The van der Waals surface area contributed by atoms with Crippen LogP contribution in [-0.4, -0.2) is 18.2 Å². The number of rotatable bonds is 4. The van der Waals surface area contributed by atoms with E-state index in [0.717, 1.165) is 26.9 Å². The van der Waals surface area contributed by atoms with E-state index >= 15 is 0 Å². The number of hydrogen-bond donors (Lipinski definition) is 1. The molecule has 0 heterocycles. The number of aliphatic carboxylic acids is 1. The van der Waals surface area contributed by atoms with E-state index < -0.39 is 5.97 Å². The number of carboxylic acids is 1. The molecule has 0 radical (unpaired) electrons. The summed E-state index contributed by atoms with van der Waals surface area (Å²) in [5.41, 5.74) is 3.11. The second kappa shape index (κ2) is 5.34. The van der Waals surface area contributed by atoms with Gasteiger partial charge >= 0.3 is 5.97 Å². The van der Waals surface area contributed by atoms with Crippen molar-refractivity contribution >= 4 is 21.9 Å². The van der Waals surface area contributed by atoms with Crippen LogP contribution in [0.25, 0.3) is 0 Å². The van der Waals surface area contributed by atoms with Crippen LogP contribution in [0, 0.1) is 13.8 Å². The van der Waals surface area contributed by atoms with Crippen molar-refractivity contribution in [2.75, 3.05) is 7.11 Å². The van der Waals surface area contributed by atoms with E-state index in [1.807, 2.05) is 19.9 Å². The van der Waals surface area contributed by atoms with Crippen LogP contribution in [0.2, 0.25) is 0 Å². The number of aryl methyl sites for hydroxylation is 2. The molecular weight excluding hydrogens is 272 g/mol. The first kappa shape index (κ1) is 13.0. The van der Waals surface area contributed by atoms with Gasteiger partial charge in [0, 0.05) is 6.42 Å². The van der Waals surface area contributed by atoms with E-state index in [1.54, 1.807) is 7.11 Å². The summed E-state index contributed by atoms with van der Waals surface area (Å²) < 4.78 is 6.19. The van der Waals surface area contributed by atoms with E-state index in [4.69, 9.17) is 9.84 Å². The molecule has 0 aliphatic rings. The van der Waals surface area contributed by atoms with Crippen LogP contribution in [-0.2, 0) is 11.2 Å². The summed E-state index contributed by atoms with van der Waals surface area (Å²) in [7, 11) is 1.63. The van der Waals surface area contributed by atoms with Crippen molar-refractivity contribution in [2.24, 2.45) is 0 Å². The maximum absolute atomic E-state index is 10.5. The van der Waals surface area contributed by atoms with Gasteiger partial charge in [-0.05, 0) is 52.9 Å². The summed E-state index contributed by atoms with van der Waals surface area (Å²) in [6.07, 6.45) is 0.698. The molecule has 0 aromatic heterocycles. The Morgan fingerprint density at radius 2 is 2.12 bits per heavy atom. The molecule has 0 aliphatic heterocycles. The standard InChI is InChI=1S/C12H15BrO3/c1-7-6-9(4-5-10(14)15)8(2)11(13)12(7)16-3/h6H,4-5H2,1-3H3,(H,14,15). The second-order valence-electron chi connectivity index (χ2n) is 3.72. The molecule has 0 spiro atoms. The van der Waals surface area contributed by atoms with Crippen molar-refractivity contribution in [2.45, 2.75) is 26.7 Å². The monoisotopic (exact) mass is 286 g/mol. The van der Waals surface area contributed by atoms with E-state index in [0.29, 0.717) is 6.42 Å². The lowest BCUT2D eigenvalue weighted by atomic mass is 10.0. The van der Waals surface area contributed by atoms with Crippen LogP contribution in [0.3, 0.4) is 0 Å². The van der Waals surface area contributed by atoms with Crippen molar-refractivity contribution in [3.63, 3.8) is 0 Å². The molecule has 0 saturated heterocycles. The summed E-state index contributed by atoms with van der Waals surface area (Å²) in [5, 5.41) is 8.67. The Morgan fingerprint density at radius 3 is 2.62 bits per heavy atom. The fourth-order valence-corrected chi connectivity index (χ4v) is 2.40. The van der Waals surface area contributed by atoms with Crippen molar-refractivity contribution in [3.05, 3.63) is 27.2 Å². The third kappa shape index (κ3) is 2.76. The maximum atomic E-state index is 10.5. The van der Waals surface area contributed by atoms with Crippen molar-refractivity contribution in [1.82, 2.24) is 0 Å². The second-order valence-corrected chi connectivity index (χ2v) is 4.51. The molecule has 1 N–H and O–H groups in total. The van der Waals surface area contributed by atoms with Gasteiger partial charge < -0.3 is 9.84 Å². The normalized spacial score (nSPS) is 10.2. The number of hydrogen-bond acceptors (Lipinski definition) is 2. The highest BCUT2D eigenvalue weighted by Gasteiger charge is 2.12. The molecule has 1 rings (SSSR count). The van der Waals surface area contributed by atoms with Crippen LogP contribution < -0.4 is 4.74 Å². The molecule has 4 heteroatoms. The first-order valence-electron chi connectivity index (χ1n) is 5.01. The number of benzene rings is 1. The number of methoxy groups -OCH3 is 1. The lowest BCUT2D eigenvalue weighted by molar-refractivity contribution is -0.136. The Balaban J connectivity index is 3.08. The molecule has 0 saturated carbocycles. The Hall–Kier alpha value is -1.03. The predicted molar refractivity (Wildman–Crippen MR) is 66.1 cm³/mol. The zero-order valence-corrected chi connectivity index (χ0v) is 11.2. The highest BCUT2D eigenvalue weighted by molar-refractivity contribution is 9.10. The summed E-state index contributed by atoms with van der Waals surface area (Å²) in [6, 6.07) is 1.99. The molecule has 0 amide bonds. The number of ether oxygens (including phenoxy) is 1. The maximum Gasteiger partial charge on any atom is 0.303 e. The molecule has 0 atom stereocenters. The average Bonchev–Trinajstić information content (AvgIpc) is 2.22. The van der Waals surface area contributed by atoms with Crippen LogP contribution >= 0.6 is 15.9 Å². The smallest absolute Gasteiger partial charge is 0.303 e. The van der Waals surface area contributed by atoms with Gasteiger partial charge in [-0.1, -0.05) is 6.07 Å². The van der Waals surface area contributed by atoms with E-state index in [-0.39, 0.29) is 6.42 Å². The fourth-order valence-electron chi connectivity index (χ4n) is 1.67. The minimum atomic E-state index is -0.774. The summed E-state index contributed by atoms with van der Waals surface area (Å²) in [5.74, 6) is 0.0422. The molecule has 0 bridgehead atoms. The highest BCUT2D eigenvalue weighted by atomic mass is 79.9. The highest BCUT2D eigenvalue weighted by Crippen LogP contribution is 2.34. The molecule has 0 unspecified atom stereocenters. The van der Waals surface area contributed by atoms with Crippen LogP contribution in [0.4, 0.5) is 0 Å². The minimum absolute atomic E-state index is 0.152. The van der Waals surface area contributed by atoms with Gasteiger partial charge in [-0.2, -0.15) is 0 Å². The van der Waals surface area contributed by atoms with Crippen molar-refractivity contribution in [1.29, 1.82) is 0 Å². The quantitative estimate of drug-likeness (QED) is 0.925. The predicted octanol–water partition coefficient (Wildman–Crippen LogP) is 3.09.